The Kier molecular flexibility index (Phi) is 4.29. The second-order valence-corrected chi connectivity index (χ2v) is 5.80. The number of aliphatic hydroxyl groups is 1. The van der Waals surface area contributed by atoms with Gasteiger partial charge in [-0.15, -0.1) is 0 Å². The molecule has 0 atom stereocenters. The molecule has 2 aromatic rings. The Hall–Kier alpha value is -3.12. The molecule has 2 aromatic carbocycles. The number of carbonyl (C=O) groups excluding carboxylic acids is 2. The number of ketones is 1. The van der Waals surface area contributed by atoms with Crippen molar-refractivity contribution in [3.8, 4) is 11.1 Å². The second kappa shape index (κ2) is 6.41. The summed E-state index contributed by atoms with van der Waals surface area (Å²) in [6.07, 6.45) is 0. The maximum atomic E-state index is 12.7. The van der Waals surface area contributed by atoms with Crippen LogP contribution in [-0.2, 0) is 9.59 Å². The molecule has 0 aliphatic heterocycles. The van der Waals surface area contributed by atoms with Gasteiger partial charge in [0.2, 0.25) is 5.78 Å². The van der Waals surface area contributed by atoms with E-state index >= 15 is 0 Å². The van der Waals surface area contributed by atoms with E-state index in [-0.39, 0.29) is 11.1 Å². The van der Waals surface area contributed by atoms with Crippen LogP contribution in [0.5, 0.6) is 0 Å². The highest BCUT2D eigenvalue weighted by atomic mass is 35.5. The molecule has 126 valence electrons. The molecule has 3 rings (SSSR count). The van der Waals surface area contributed by atoms with Crippen LogP contribution in [0.2, 0.25) is 5.02 Å². The average molecular weight is 358 g/mol. The van der Waals surface area contributed by atoms with Crippen molar-refractivity contribution in [2.24, 2.45) is 0 Å². The third kappa shape index (κ3) is 2.99. The number of rotatable bonds is 4. The van der Waals surface area contributed by atoms with E-state index in [1.54, 1.807) is 36.4 Å². The molecule has 1 aliphatic carbocycles. The van der Waals surface area contributed by atoms with Crippen LogP contribution in [0.3, 0.4) is 0 Å². The molecular formula is C18H12ClNO5. The topological polar surface area (TPSA) is 104 Å². The van der Waals surface area contributed by atoms with Crippen LogP contribution in [0, 0.1) is 0 Å². The Bertz CT molecular complexity index is 948. The number of carboxylic acids is 1. The highest BCUT2D eigenvalue weighted by Crippen LogP contribution is 2.38. The number of fused-ring (bicyclic) bond motifs is 1. The first-order chi connectivity index (χ1) is 11.9. The van der Waals surface area contributed by atoms with Gasteiger partial charge in [-0.3, -0.25) is 14.4 Å². The number of nitrogens with one attached hydrogen (secondary N) is 1. The van der Waals surface area contributed by atoms with Crippen LogP contribution < -0.4 is 5.32 Å². The zero-order valence-corrected chi connectivity index (χ0v) is 13.5. The SMILES string of the molecule is O=C(O)CNC(=O)C1=C(O)c2cccc(-c3cccc(Cl)c3)c2C1=O. The summed E-state index contributed by atoms with van der Waals surface area (Å²) in [6, 6.07) is 11.7. The molecule has 1 aliphatic rings. The lowest BCUT2D eigenvalue weighted by Gasteiger charge is -2.08. The highest BCUT2D eigenvalue weighted by molar-refractivity contribution is 6.35. The molecule has 0 aromatic heterocycles. The molecule has 7 heteroatoms. The van der Waals surface area contributed by atoms with E-state index in [4.69, 9.17) is 16.7 Å². The van der Waals surface area contributed by atoms with Gasteiger partial charge < -0.3 is 15.5 Å². The number of carboxylic acid groups (broad SMARTS) is 1. The van der Waals surface area contributed by atoms with Gasteiger partial charge in [0.15, 0.2) is 0 Å². The monoisotopic (exact) mass is 357 g/mol. The number of Topliss-reactive ketones (excluding diaryl/α,β-unsaturated/α-hetero) is 1. The van der Waals surface area contributed by atoms with Crippen LogP contribution in [0.25, 0.3) is 16.9 Å². The first kappa shape index (κ1) is 16.7. The number of halogens is 1. The van der Waals surface area contributed by atoms with Gasteiger partial charge in [0, 0.05) is 16.1 Å². The fourth-order valence-electron chi connectivity index (χ4n) is 2.71. The predicted octanol–water partition coefficient (Wildman–Crippen LogP) is 2.67. The Labute approximate surface area is 147 Å². The first-order valence-corrected chi connectivity index (χ1v) is 7.65. The minimum Gasteiger partial charge on any atom is -0.506 e. The number of amides is 1. The van der Waals surface area contributed by atoms with Gasteiger partial charge >= 0.3 is 5.97 Å². The van der Waals surface area contributed by atoms with Crippen molar-refractivity contribution in [3.05, 3.63) is 64.2 Å². The van der Waals surface area contributed by atoms with Crippen LogP contribution in [0.4, 0.5) is 0 Å². The number of aliphatic hydroxyl groups excluding tert-OH is 1. The van der Waals surface area contributed by atoms with Crippen molar-refractivity contribution < 1.29 is 24.6 Å². The van der Waals surface area contributed by atoms with Gasteiger partial charge in [-0.05, 0) is 23.3 Å². The lowest BCUT2D eigenvalue weighted by molar-refractivity contribution is -0.137. The Morgan fingerprint density at radius 2 is 1.76 bits per heavy atom. The molecule has 3 N–H and O–H groups in total. The lowest BCUT2D eigenvalue weighted by atomic mass is 9.95. The summed E-state index contributed by atoms with van der Waals surface area (Å²) in [6.45, 7) is -0.652. The van der Waals surface area contributed by atoms with Gasteiger partial charge in [-0.2, -0.15) is 0 Å². The molecule has 0 unspecified atom stereocenters. The van der Waals surface area contributed by atoms with Gasteiger partial charge in [-0.1, -0.05) is 41.9 Å². The van der Waals surface area contributed by atoms with Gasteiger partial charge in [-0.25, -0.2) is 0 Å². The third-order valence-electron chi connectivity index (χ3n) is 3.77. The summed E-state index contributed by atoms with van der Waals surface area (Å²) in [5, 5.41) is 21.5. The highest BCUT2D eigenvalue weighted by Gasteiger charge is 2.36. The molecule has 1 amide bonds. The largest absolute Gasteiger partial charge is 0.506 e. The predicted molar refractivity (Wildman–Crippen MR) is 91.4 cm³/mol. The maximum absolute atomic E-state index is 12.7. The van der Waals surface area contributed by atoms with E-state index in [1.807, 2.05) is 0 Å². The number of hydrogen-bond donors (Lipinski definition) is 3. The average Bonchev–Trinajstić information content (AvgIpc) is 2.84. The molecule has 0 saturated heterocycles. The zero-order chi connectivity index (χ0) is 18.1. The smallest absolute Gasteiger partial charge is 0.322 e. The summed E-state index contributed by atoms with van der Waals surface area (Å²) in [7, 11) is 0. The van der Waals surface area contributed by atoms with E-state index in [2.05, 4.69) is 5.32 Å². The summed E-state index contributed by atoms with van der Waals surface area (Å²) < 4.78 is 0. The molecule has 0 saturated carbocycles. The molecule has 0 fully saturated rings. The van der Waals surface area contributed by atoms with Crippen LogP contribution in [-0.4, -0.2) is 34.4 Å². The van der Waals surface area contributed by atoms with Crippen molar-refractivity contribution in [2.45, 2.75) is 0 Å². The molecule has 0 radical (unpaired) electrons. The standard InChI is InChI=1S/C18H12ClNO5/c19-10-4-1-3-9(7-10)11-5-2-6-12-14(11)17(24)15(16(12)23)18(25)20-8-13(21)22/h1-7,23H,8H2,(H,20,25)(H,21,22). The molecule has 0 bridgehead atoms. The molecule has 0 spiro atoms. The van der Waals surface area contributed by atoms with E-state index in [0.717, 1.165) is 0 Å². The minimum atomic E-state index is -1.25. The molecule has 0 heterocycles. The summed E-state index contributed by atoms with van der Waals surface area (Å²) in [4.78, 5) is 35.4. The summed E-state index contributed by atoms with van der Waals surface area (Å²) in [5.41, 5.74) is 1.13. The summed E-state index contributed by atoms with van der Waals surface area (Å²) >= 11 is 6.00. The van der Waals surface area contributed by atoms with Gasteiger partial charge in [0.1, 0.15) is 17.9 Å². The fraction of sp³-hybridized carbons (Fsp3) is 0.0556. The van der Waals surface area contributed by atoms with Crippen molar-refractivity contribution in [1.82, 2.24) is 5.32 Å². The Morgan fingerprint density at radius 3 is 2.44 bits per heavy atom. The number of benzene rings is 2. The normalized spacial score (nSPS) is 12.9. The first-order valence-electron chi connectivity index (χ1n) is 7.27. The quantitative estimate of drug-likeness (QED) is 0.730. The van der Waals surface area contributed by atoms with Crippen molar-refractivity contribution in [3.63, 3.8) is 0 Å². The Morgan fingerprint density at radius 1 is 1.08 bits per heavy atom. The Balaban J connectivity index is 2.05. The zero-order valence-electron chi connectivity index (χ0n) is 12.7. The van der Waals surface area contributed by atoms with E-state index in [9.17, 15) is 19.5 Å². The lowest BCUT2D eigenvalue weighted by Crippen LogP contribution is -2.32. The molecule has 6 nitrogen and oxygen atoms in total. The maximum Gasteiger partial charge on any atom is 0.322 e. The van der Waals surface area contributed by atoms with E-state index < -0.39 is 35.5 Å². The van der Waals surface area contributed by atoms with E-state index in [0.29, 0.717) is 16.1 Å². The minimum absolute atomic E-state index is 0.183. The number of hydrogen-bond acceptors (Lipinski definition) is 4. The summed E-state index contributed by atoms with van der Waals surface area (Å²) in [5.74, 6) is -3.31. The number of carbonyl (C=O) groups is 3. The van der Waals surface area contributed by atoms with Crippen molar-refractivity contribution in [2.75, 3.05) is 6.54 Å². The fourth-order valence-corrected chi connectivity index (χ4v) is 2.90. The van der Waals surface area contributed by atoms with Crippen molar-refractivity contribution in [1.29, 1.82) is 0 Å². The van der Waals surface area contributed by atoms with Crippen LogP contribution in [0.1, 0.15) is 15.9 Å². The van der Waals surface area contributed by atoms with Crippen LogP contribution in [0.15, 0.2) is 48.0 Å². The van der Waals surface area contributed by atoms with Crippen molar-refractivity contribution >= 4 is 35.0 Å². The third-order valence-corrected chi connectivity index (χ3v) is 4.01. The molecular weight excluding hydrogens is 346 g/mol. The van der Waals surface area contributed by atoms with Crippen LogP contribution >= 0.6 is 11.6 Å². The van der Waals surface area contributed by atoms with Gasteiger partial charge in [0.05, 0.1) is 0 Å². The number of aliphatic carboxylic acids is 1. The molecule has 25 heavy (non-hydrogen) atoms. The van der Waals surface area contributed by atoms with Gasteiger partial charge in [0.25, 0.3) is 5.91 Å². The van der Waals surface area contributed by atoms with E-state index in [1.165, 1.54) is 6.07 Å². The second-order valence-electron chi connectivity index (χ2n) is 5.37.